The van der Waals surface area contributed by atoms with Crippen molar-refractivity contribution in [2.45, 2.75) is 30.3 Å². The average molecular weight is 290 g/mol. The van der Waals surface area contributed by atoms with Gasteiger partial charge in [-0.2, -0.15) is 0 Å². The summed E-state index contributed by atoms with van der Waals surface area (Å²) in [6.45, 7) is 2.73. The first kappa shape index (κ1) is 12.1. The van der Waals surface area contributed by atoms with Gasteiger partial charge < -0.3 is 9.64 Å². The largest absolute Gasteiger partial charge is 0.365 e. The van der Waals surface area contributed by atoms with Crippen LogP contribution in [-0.4, -0.2) is 49.4 Å². The molecule has 1 unspecified atom stereocenters. The molecule has 1 aromatic rings. The van der Waals surface area contributed by atoms with E-state index >= 15 is 0 Å². The van der Waals surface area contributed by atoms with Crippen molar-refractivity contribution in [3.63, 3.8) is 0 Å². The number of anilines is 1. The smallest absolute Gasteiger partial charge is 0.250 e. The highest BCUT2D eigenvalue weighted by Gasteiger charge is 2.53. The molecule has 0 aromatic carbocycles. The number of hydrogen-bond donors (Lipinski definition) is 0. The highest BCUT2D eigenvalue weighted by atomic mass is 35.5. The average Bonchev–Trinajstić information content (AvgIpc) is 2.96. The van der Waals surface area contributed by atoms with Crippen LogP contribution in [0.3, 0.4) is 0 Å². The van der Waals surface area contributed by atoms with Gasteiger partial charge in [0, 0.05) is 18.9 Å². The second kappa shape index (κ2) is 3.79. The van der Waals surface area contributed by atoms with Crippen LogP contribution in [-0.2, 0) is 14.6 Å². The minimum Gasteiger partial charge on any atom is -0.365 e. The molecule has 0 aliphatic carbocycles. The molecule has 3 rings (SSSR count). The first-order valence-corrected chi connectivity index (χ1v) is 7.80. The maximum absolute atomic E-state index is 11.5. The molecular weight excluding hydrogens is 278 g/mol. The summed E-state index contributed by atoms with van der Waals surface area (Å²) in [5, 5.41) is -0.104. The van der Waals surface area contributed by atoms with Crippen LogP contribution in [0.4, 0.5) is 5.82 Å². The molecule has 3 atom stereocenters. The van der Waals surface area contributed by atoms with Crippen molar-refractivity contribution in [3.8, 4) is 0 Å². The van der Waals surface area contributed by atoms with Crippen LogP contribution >= 0.6 is 11.6 Å². The van der Waals surface area contributed by atoms with Crippen molar-refractivity contribution in [3.05, 3.63) is 11.2 Å². The highest BCUT2D eigenvalue weighted by molar-refractivity contribution is 7.90. The molecule has 0 amide bonds. The number of fused-ring (bicyclic) bond motifs is 1. The lowest BCUT2D eigenvalue weighted by molar-refractivity contribution is 0.318. The number of morpholine rings is 1. The number of aromatic nitrogens is 2. The van der Waals surface area contributed by atoms with E-state index in [-0.39, 0.29) is 28.6 Å². The van der Waals surface area contributed by atoms with Gasteiger partial charge in [0.2, 0.25) is 15.0 Å². The Labute approximate surface area is 110 Å². The minimum absolute atomic E-state index is 0.133. The number of halogens is 1. The molecule has 6 nitrogen and oxygen atoms in total. The van der Waals surface area contributed by atoms with Crippen LogP contribution < -0.4 is 4.90 Å². The Morgan fingerprint density at radius 3 is 2.78 bits per heavy atom. The Kier molecular flexibility index (Phi) is 2.55. The van der Waals surface area contributed by atoms with Gasteiger partial charge in [-0.1, -0.05) is 11.6 Å². The molecule has 8 heteroatoms. The summed E-state index contributed by atoms with van der Waals surface area (Å²) in [5.74, 6) is 0.540. The first-order chi connectivity index (χ1) is 8.36. The minimum atomic E-state index is -3.46. The Balaban J connectivity index is 2.00. The molecule has 1 aromatic heterocycles. The molecule has 0 N–H and O–H groups in total. The van der Waals surface area contributed by atoms with Crippen LogP contribution in [0.15, 0.2) is 11.2 Å². The van der Waals surface area contributed by atoms with E-state index in [1.807, 2.05) is 11.8 Å². The zero-order valence-electron chi connectivity index (χ0n) is 9.87. The molecular formula is C10H12ClN3O3S. The Bertz CT molecular complexity index is 606. The van der Waals surface area contributed by atoms with Crippen LogP contribution in [0.2, 0.25) is 5.15 Å². The van der Waals surface area contributed by atoms with Gasteiger partial charge in [-0.05, 0) is 6.92 Å². The van der Waals surface area contributed by atoms with Crippen molar-refractivity contribution in [1.82, 2.24) is 9.97 Å². The van der Waals surface area contributed by atoms with Crippen LogP contribution in [0.25, 0.3) is 0 Å². The Morgan fingerprint density at radius 1 is 1.50 bits per heavy atom. The second-order valence-electron chi connectivity index (χ2n) is 4.64. The first-order valence-electron chi connectivity index (χ1n) is 5.53. The van der Waals surface area contributed by atoms with E-state index in [1.54, 1.807) is 6.07 Å². The van der Waals surface area contributed by atoms with Gasteiger partial charge in [-0.3, -0.25) is 0 Å². The number of ether oxygens (including phenoxy) is 1. The van der Waals surface area contributed by atoms with E-state index in [2.05, 4.69) is 9.97 Å². The highest BCUT2D eigenvalue weighted by Crippen LogP contribution is 2.38. The molecule has 0 bridgehead atoms. The third kappa shape index (κ3) is 1.96. The summed E-state index contributed by atoms with van der Waals surface area (Å²) in [5.41, 5.74) is 0. The molecule has 2 saturated heterocycles. The third-order valence-corrected chi connectivity index (χ3v) is 4.29. The fourth-order valence-corrected chi connectivity index (χ4v) is 3.02. The monoisotopic (exact) mass is 289 g/mol. The standard InChI is InChI=1S/C10H12ClN3O3S/c1-5-9-6(17-9)4-14(5)8-3-7(11)12-10(13-8)18(2,15)16/h3,5-6,9H,4H2,1-2H3/t5-,6?,9-/m0/s1. The lowest BCUT2D eigenvalue weighted by Crippen LogP contribution is -2.33. The molecule has 0 saturated carbocycles. The lowest BCUT2D eigenvalue weighted by Gasteiger charge is -2.24. The van der Waals surface area contributed by atoms with E-state index in [4.69, 9.17) is 16.3 Å². The van der Waals surface area contributed by atoms with Crippen molar-refractivity contribution in [2.75, 3.05) is 17.7 Å². The predicted octanol–water partition coefficient (Wildman–Crippen LogP) is 0.509. The van der Waals surface area contributed by atoms with Crippen molar-refractivity contribution < 1.29 is 13.2 Å². The molecule has 2 aliphatic heterocycles. The van der Waals surface area contributed by atoms with Crippen molar-refractivity contribution >= 4 is 27.3 Å². The summed E-state index contributed by atoms with van der Waals surface area (Å²) in [6, 6.07) is 1.76. The maximum atomic E-state index is 11.5. The number of epoxide rings is 1. The van der Waals surface area contributed by atoms with E-state index in [0.29, 0.717) is 12.4 Å². The molecule has 2 aliphatic rings. The van der Waals surface area contributed by atoms with Gasteiger partial charge in [0.05, 0.1) is 6.04 Å². The maximum Gasteiger partial charge on any atom is 0.250 e. The summed E-state index contributed by atoms with van der Waals surface area (Å²) >= 11 is 5.86. The second-order valence-corrected chi connectivity index (χ2v) is 6.93. The van der Waals surface area contributed by atoms with E-state index in [0.717, 1.165) is 6.26 Å². The zero-order valence-corrected chi connectivity index (χ0v) is 11.4. The fraction of sp³-hybridized carbons (Fsp3) is 0.600. The summed E-state index contributed by atoms with van der Waals surface area (Å²) in [6.07, 6.45) is 1.52. The van der Waals surface area contributed by atoms with Gasteiger partial charge in [0.1, 0.15) is 23.2 Å². The number of nitrogens with zero attached hydrogens (tertiary/aromatic N) is 3. The van der Waals surface area contributed by atoms with Gasteiger partial charge in [0.25, 0.3) is 0 Å². The molecule has 0 spiro atoms. The fourth-order valence-electron chi connectivity index (χ4n) is 2.27. The predicted molar refractivity (Wildman–Crippen MR) is 65.6 cm³/mol. The number of rotatable bonds is 2. The topological polar surface area (TPSA) is 75.7 Å². The van der Waals surface area contributed by atoms with Gasteiger partial charge in [-0.15, -0.1) is 0 Å². The SMILES string of the molecule is C[C@H]1[C@@H]2OC2CN1c1cc(Cl)nc(S(C)(=O)=O)n1. The molecule has 98 valence electrons. The molecule has 2 fully saturated rings. The normalized spacial score (nSPS) is 30.4. The van der Waals surface area contributed by atoms with Gasteiger partial charge >= 0.3 is 0 Å². The van der Waals surface area contributed by atoms with E-state index in [9.17, 15) is 8.42 Å². The third-order valence-electron chi connectivity index (χ3n) is 3.25. The van der Waals surface area contributed by atoms with Crippen LogP contribution in [0.5, 0.6) is 0 Å². The van der Waals surface area contributed by atoms with Crippen molar-refractivity contribution in [1.29, 1.82) is 0 Å². The van der Waals surface area contributed by atoms with Crippen LogP contribution in [0, 0.1) is 0 Å². The summed E-state index contributed by atoms with van der Waals surface area (Å²) in [7, 11) is -3.46. The Morgan fingerprint density at radius 2 is 2.22 bits per heavy atom. The number of hydrogen-bond acceptors (Lipinski definition) is 6. The molecule has 3 heterocycles. The van der Waals surface area contributed by atoms with Crippen LogP contribution in [0.1, 0.15) is 6.92 Å². The van der Waals surface area contributed by atoms with Gasteiger partial charge in [-0.25, -0.2) is 18.4 Å². The summed E-state index contributed by atoms with van der Waals surface area (Å²) < 4.78 is 28.4. The Hall–Kier alpha value is -0.920. The van der Waals surface area contributed by atoms with E-state index < -0.39 is 9.84 Å². The van der Waals surface area contributed by atoms with Crippen molar-refractivity contribution in [2.24, 2.45) is 0 Å². The zero-order chi connectivity index (χ0) is 13.1. The lowest BCUT2D eigenvalue weighted by atomic mass is 10.2. The summed E-state index contributed by atoms with van der Waals surface area (Å²) in [4.78, 5) is 9.82. The quantitative estimate of drug-likeness (QED) is 0.449. The molecule has 0 radical (unpaired) electrons. The molecule has 18 heavy (non-hydrogen) atoms. The number of sulfone groups is 1. The van der Waals surface area contributed by atoms with Gasteiger partial charge in [0.15, 0.2) is 0 Å². The van der Waals surface area contributed by atoms with E-state index in [1.165, 1.54) is 0 Å².